The molecule has 0 aliphatic carbocycles. The van der Waals surface area contributed by atoms with Gasteiger partial charge < -0.3 is 19.9 Å². The minimum Gasteiger partial charge on any atom is -0.464 e. The minimum atomic E-state index is 0.391. The van der Waals surface area contributed by atoms with Crippen molar-refractivity contribution in [3.05, 3.63) is 0 Å². The number of likely N-dealkylation sites (N-methyl/N-ethyl adjacent to an activating group) is 1. The molecule has 20 heavy (non-hydrogen) atoms. The highest BCUT2D eigenvalue weighted by Gasteiger charge is 2.26. The summed E-state index contributed by atoms with van der Waals surface area (Å²) < 4.78 is 5.43. The van der Waals surface area contributed by atoms with Gasteiger partial charge in [-0.25, -0.2) is 0 Å². The van der Waals surface area contributed by atoms with Crippen LogP contribution in [0.15, 0.2) is 0 Å². The second-order valence-electron chi connectivity index (χ2n) is 5.06. The van der Waals surface area contributed by atoms with Gasteiger partial charge in [0.05, 0.1) is 6.61 Å². The smallest absolute Gasteiger partial charge is 0.323 e. The molecule has 7 nitrogen and oxygen atoms in total. The van der Waals surface area contributed by atoms with Gasteiger partial charge in [-0.1, -0.05) is 0 Å². The summed E-state index contributed by atoms with van der Waals surface area (Å²) in [5, 5.41) is 3.12. The first-order valence-electron chi connectivity index (χ1n) is 7.18. The maximum Gasteiger partial charge on any atom is 0.323 e. The molecule has 1 fully saturated rings. The topological polar surface area (TPSA) is 66.4 Å². The Morgan fingerprint density at radius 1 is 1.30 bits per heavy atom. The average molecular weight is 280 g/mol. The highest BCUT2D eigenvalue weighted by Crippen LogP contribution is 2.21. The zero-order chi connectivity index (χ0) is 14.5. The van der Waals surface area contributed by atoms with E-state index in [4.69, 9.17) is 4.74 Å². The Morgan fingerprint density at radius 2 is 2.10 bits per heavy atom. The van der Waals surface area contributed by atoms with Crippen molar-refractivity contribution in [2.75, 3.05) is 50.6 Å². The Bertz CT molecular complexity index is 415. The van der Waals surface area contributed by atoms with Crippen LogP contribution >= 0.6 is 0 Å². The van der Waals surface area contributed by atoms with Gasteiger partial charge in [-0.15, -0.1) is 0 Å². The summed E-state index contributed by atoms with van der Waals surface area (Å²) >= 11 is 0. The number of nitrogens with zero attached hydrogens (tertiary/aromatic N) is 5. The molecule has 1 aromatic rings. The number of rotatable bonds is 6. The van der Waals surface area contributed by atoms with E-state index in [9.17, 15) is 0 Å². The normalized spacial score (nSPS) is 18.6. The summed E-state index contributed by atoms with van der Waals surface area (Å²) in [5.41, 5.74) is 0. The van der Waals surface area contributed by atoms with Crippen molar-refractivity contribution in [1.29, 1.82) is 0 Å². The fraction of sp³-hybridized carbons (Fsp3) is 0.769. The van der Waals surface area contributed by atoms with Crippen molar-refractivity contribution in [3.63, 3.8) is 0 Å². The largest absolute Gasteiger partial charge is 0.464 e. The predicted octanol–water partition coefficient (Wildman–Crippen LogP) is 0.842. The van der Waals surface area contributed by atoms with Crippen LogP contribution in [0.2, 0.25) is 0 Å². The van der Waals surface area contributed by atoms with E-state index in [0.717, 1.165) is 26.1 Å². The lowest BCUT2D eigenvalue weighted by Crippen LogP contribution is -2.32. The van der Waals surface area contributed by atoms with E-state index in [1.54, 1.807) is 0 Å². The predicted molar refractivity (Wildman–Crippen MR) is 79.5 cm³/mol. The van der Waals surface area contributed by atoms with E-state index < -0.39 is 0 Å². The highest BCUT2D eigenvalue weighted by molar-refractivity contribution is 5.39. The van der Waals surface area contributed by atoms with Crippen molar-refractivity contribution in [1.82, 2.24) is 19.9 Å². The van der Waals surface area contributed by atoms with Crippen LogP contribution in [-0.2, 0) is 0 Å². The molecule has 0 radical (unpaired) electrons. The van der Waals surface area contributed by atoms with Crippen molar-refractivity contribution >= 4 is 11.9 Å². The summed E-state index contributed by atoms with van der Waals surface area (Å²) in [7, 11) is 4.22. The first-order valence-corrected chi connectivity index (χ1v) is 7.18. The van der Waals surface area contributed by atoms with Crippen LogP contribution < -0.4 is 15.0 Å². The molecule has 0 bridgehead atoms. The van der Waals surface area contributed by atoms with Crippen LogP contribution in [0.1, 0.15) is 20.3 Å². The number of aromatic nitrogens is 3. The Labute approximate surface area is 120 Å². The van der Waals surface area contributed by atoms with Gasteiger partial charge in [-0.2, -0.15) is 15.0 Å². The molecule has 0 saturated carbocycles. The minimum absolute atomic E-state index is 0.391. The van der Waals surface area contributed by atoms with Crippen molar-refractivity contribution in [2.24, 2.45) is 0 Å². The fourth-order valence-corrected chi connectivity index (χ4v) is 2.26. The molecule has 0 amide bonds. The molecule has 7 heteroatoms. The maximum absolute atomic E-state index is 5.43. The van der Waals surface area contributed by atoms with Crippen LogP contribution in [-0.4, -0.2) is 66.2 Å². The molecular weight excluding hydrogens is 256 g/mol. The summed E-state index contributed by atoms with van der Waals surface area (Å²) in [6, 6.07) is 0.937. The highest BCUT2D eigenvalue weighted by atomic mass is 16.5. The first-order chi connectivity index (χ1) is 9.63. The molecular formula is C13H24N6O. The number of ether oxygens (including phenoxy) is 1. The molecule has 2 heterocycles. The Kier molecular flexibility index (Phi) is 4.94. The second-order valence-corrected chi connectivity index (χ2v) is 5.06. The van der Waals surface area contributed by atoms with Crippen LogP contribution in [0.4, 0.5) is 11.9 Å². The van der Waals surface area contributed by atoms with E-state index in [2.05, 4.69) is 44.2 Å². The summed E-state index contributed by atoms with van der Waals surface area (Å²) in [6.07, 6.45) is 1.12. The van der Waals surface area contributed by atoms with Crippen molar-refractivity contribution < 1.29 is 4.74 Å². The summed E-state index contributed by atoms with van der Waals surface area (Å²) in [4.78, 5) is 17.6. The standard InChI is InChI=1S/C13H24N6O/c1-5-14-11-15-12(17-13(16-11)20-6-2)19-8-7-10(9-19)18(3)4/h10H,5-9H2,1-4H3,(H,14,15,16,17). The average Bonchev–Trinajstić information content (AvgIpc) is 2.89. The number of anilines is 2. The Hall–Kier alpha value is -1.63. The van der Waals surface area contributed by atoms with Crippen LogP contribution in [0, 0.1) is 0 Å². The van der Waals surface area contributed by atoms with Crippen molar-refractivity contribution in [2.45, 2.75) is 26.3 Å². The van der Waals surface area contributed by atoms with E-state index in [1.165, 1.54) is 0 Å². The molecule has 2 rings (SSSR count). The zero-order valence-electron chi connectivity index (χ0n) is 12.8. The van der Waals surface area contributed by atoms with Gasteiger partial charge in [0.25, 0.3) is 0 Å². The second kappa shape index (κ2) is 6.69. The molecule has 1 aliphatic rings. The van der Waals surface area contributed by atoms with Gasteiger partial charge in [0.2, 0.25) is 11.9 Å². The molecule has 1 aliphatic heterocycles. The Morgan fingerprint density at radius 3 is 2.70 bits per heavy atom. The summed E-state index contributed by atoms with van der Waals surface area (Å²) in [6.45, 7) is 7.17. The van der Waals surface area contributed by atoms with Gasteiger partial charge >= 0.3 is 6.01 Å². The molecule has 0 aromatic carbocycles. The monoisotopic (exact) mass is 280 g/mol. The van der Waals surface area contributed by atoms with Crippen LogP contribution in [0.25, 0.3) is 0 Å². The van der Waals surface area contributed by atoms with Gasteiger partial charge in [-0.05, 0) is 34.4 Å². The molecule has 1 saturated heterocycles. The summed E-state index contributed by atoms with van der Waals surface area (Å²) in [5.74, 6) is 1.28. The van der Waals surface area contributed by atoms with Crippen LogP contribution in [0.5, 0.6) is 6.01 Å². The van der Waals surface area contributed by atoms with Gasteiger partial charge in [-0.3, -0.25) is 0 Å². The molecule has 1 aromatic heterocycles. The Balaban J connectivity index is 2.17. The first kappa shape index (κ1) is 14.8. The molecule has 112 valence electrons. The van der Waals surface area contributed by atoms with Gasteiger partial charge in [0, 0.05) is 25.7 Å². The van der Waals surface area contributed by atoms with Crippen molar-refractivity contribution in [3.8, 4) is 6.01 Å². The third kappa shape index (κ3) is 3.47. The van der Waals surface area contributed by atoms with Gasteiger partial charge in [0.1, 0.15) is 0 Å². The van der Waals surface area contributed by atoms with E-state index >= 15 is 0 Å². The SMILES string of the molecule is CCNc1nc(OCC)nc(N2CCC(N(C)C)C2)n1. The maximum atomic E-state index is 5.43. The lowest BCUT2D eigenvalue weighted by Gasteiger charge is -2.20. The molecule has 0 spiro atoms. The number of nitrogens with one attached hydrogen (secondary N) is 1. The number of hydrogen-bond acceptors (Lipinski definition) is 7. The van der Waals surface area contributed by atoms with Gasteiger partial charge in [0.15, 0.2) is 0 Å². The third-order valence-corrected chi connectivity index (χ3v) is 3.39. The zero-order valence-corrected chi connectivity index (χ0v) is 12.8. The lowest BCUT2D eigenvalue weighted by atomic mass is 10.2. The lowest BCUT2D eigenvalue weighted by molar-refractivity contribution is 0.310. The molecule has 1 unspecified atom stereocenters. The fourth-order valence-electron chi connectivity index (χ4n) is 2.26. The molecule has 1 N–H and O–H groups in total. The van der Waals surface area contributed by atoms with E-state index in [-0.39, 0.29) is 0 Å². The van der Waals surface area contributed by atoms with E-state index in [0.29, 0.717) is 30.6 Å². The van der Waals surface area contributed by atoms with E-state index in [1.807, 2.05) is 13.8 Å². The third-order valence-electron chi connectivity index (χ3n) is 3.39. The molecule has 1 atom stereocenters. The number of hydrogen-bond donors (Lipinski definition) is 1. The van der Waals surface area contributed by atoms with Crippen LogP contribution in [0.3, 0.4) is 0 Å². The quantitative estimate of drug-likeness (QED) is 0.828.